The third-order valence-electron chi connectivity index (χ3n) is 4.17. The number of benzene rings is 2. The molecule has 0 aliphatic heterocycles. The number of carbonyl (C=O) groups is 1. The van der Waals surface area contributed by atoms with E-state index in [0.717, 1.165) is 30.5 Å². The Balaban J connectivity index is 1.80. The Hall–Kier alpha value is -1.80. The largest absolute Gasteiger partial charge is 0.325 e. The SMILES string of the molecule is CCc1cccc(NC(=O)C2(c3ccc(Cl)cc3)CC2)c1. The monoisotopic (exact) mass is 299 g/mol. The van der Waals surface area contributed by atoms with Crippen LogP contribution >= 0.6 is 11.6 Å². The van der Waals surface area contributed by atoms with Crippen LogP contribution < -0.4 is 5.32 Å². The molecule has 1 aliphatic carbocycles. The molecule has 3 heteroatoms. The van der Waals surface area contributed by atoms with E-state index in [2.05, 4.69) is 18.3 Å². The molecule has 0 atom stereocenters. The molecular formula is C18H18ClNO. The average molecular weight is 300 g/mol. The zero-order valence-corrected chi connectivity index (χ0v) is 12.8. The Bertz CT molecular complexity index is 659. The van der Waals surface area contributed by atoms with Crippen LogP contribution in [0.4, 0.5) is 5.69 Å². The number of hydrogen-bond donors (Lipinski definition) is 1. The number of hydrogen-bond acceptors (Lipinski definition) is 1. The van der Waals surface area contributed by atoms with E-state index in [0.29, 0.717) is 5.02 Å². The van der Waals surface area contributed by atoms with Crippen molar-refractivity contribution in [3.63, 3.8) is 0 Å². The Morgan fingerprint density at radius 3 is 2.52 bits per heavy atom. The molecule has 0 saturated heterocycles. The molecule has 1 N–H and O–H groups in total. The van der Waals surface area contributed by atoms with E-state index in [1.807, 2.05) is 42.5 Å². The lowest BCUT2D eigenvalue weighted by molar-refractivity contribution is -0.118. The average Bonchev–Trinajstić information content (AvgIpc) is 3.30. The fourth-order valence-corrected chi connectivity index (χ4v) is 2.79. The molecule has 21 heavy (non-hydrogen) atoms. The number of anilines is 1. The van der Waals surface area contributed by atoms with Gasteiger partial charge in [0.2, 0.25) is 5.91 Å². The van der Waals surface area contributed by atoms with Gasteiger partial charge in [0.15, 0.2) is 0 Å². The number of rotatable bonds is 4. The van der Waals surface area contributed by atoms with Crippen LogP contribution in [0.25, 0.3) is 0 Å². The van der Waals surface area contributed by atoms with E-state index in [-0.39, 0.29) is 11.3 Å². The predicted octanol–water partition coefficient (Wildman–Crippen LogP) is 4.57. The van der Waals surface area contributed by atoms with Gasteiger partial charge in [0.05, 0.1) is 5.41 Å². The van der Waals surface area contributed by atoms with Crippen molar-refractivity contribution in [1.29, 1.82) is 0 Å². The van der Waals surface area contributed by atoms with Crippen LogP contribution in [-0.4, -0.2) is 5.91 Å². The molecule has 1 amide bonds. The lowest BCUT2D eigenvalue weighted by Crippen LogP contribution is -2.27. The van der Waals surface area contributed by atoms with Crippen molar-refractivity contribution in [3.05, 3.63) is 64.7 Å². The van der Waals surface area contributed by atoms with Gasteiger partial charge in [-0.2, -0.15) is 0 Å². The van der Waals surface area contributed by atoms with Crippen molar-refractivity contribution in [2.24, 2.45) is 0 Å². The van der Waals surface area contributed by atoms with E-state index in [1.165, 1.54) is 5.56 Å². The van der Waals surface area contributed by atoms with E-state index < -0.39 is 0 Å². The zero-order chi connectivity index (χ0) is 14.9. The van der Waals surface area contributed by atoms with E-state index >= 15 is 0 Å². The molecular weight excluding hydrogens is 282 g/mol. The predicted molar refractivity (Wildman–Crippen MR) is 86.8 cm³/mol. The lowest BCUT2D eigenvalue weighted by atomic mass is 9.95. The third kappa shape index (κ3) is 2.81. The van der Waals surface area contributed by atoms with Gasteiger partial charge in [-0.3, -0.25) is 4.79 Å². The van der Waals surface area contributed by atoms with Gasteiger partial charge in [-0.05, 0) is 54.7 Å². The molecule has 2 aromatic carbocycles. The smallest absolute Gasteiger partial charge is 0.235 e. The van der Waals surface area contributed by atoms with Gasteiger partial charge in [0, 0.05) is 10.7 Å². The second kappa shape index (κ2) is 5.53. The lowest BCUT2D eigenvalue weighted by Gasteiger charge is -2.16. The number of carbonyl (C=O) groups excluding carboxylic acids is 1. The fourth-order valence-electron chi connectivity index (χ4n) is 2.66. The molecule has 2 aromatic rings. The fraction of sp³-hybridized carbons (Fsp3) is 0.278. The summed E-state index contributed by atoms with van der Waals surface area (Å²) in [6.45, 7) is 2.11. The summed E-state index contributed by atoms with van der Waals surface area (Å²) in [6, 6.07) is 15.6. The minimum absolute atomic E-state index is 0.0816. The normalized spacial score (nSPS) is 15.5. The first-order valence-corrected chi connectivity index (χ1v) is 7.68. The van der Waals surface area contributed by atoms with Gasteiger partial charge in [0.25, 0.3) is 0 Å². The maximum absolute atomic E-state index is 12.6. The van der Waals surface area contributed by atoms with E-state index in [4.69, 9.17) is 11.6 Å². The standard InChI is InChI=1S/C18H18ClNO/c1-2-13-4-3-5-16(12-13)20-17(21)18(10-11-18)14-6-8-15(19)9-7-14/h3-9,12H,2,10-11H2,1H3,(H,20,21). The van der Waals surface area contributed by atoms with Crippen molar-refractivity contribution in [1.82, 2.24) is 0 Å². The number of nitrogens with one attached hydrogen (secondary N) is 1. The third-order valence-corrected chi connectivity index (χ3v) is 4.43. The van der Waals surface area contributed by atoms with Gasteiger partial charge < -0.3 is 5.32 Å². The number of halogens is 1. The second-order valence-corrected chi connectivity index (χ2v) is 6.03. The van der Waals surface area contributed by atoms with Gasteiger partial charge >= 0.3 is 0 Å². The summed E-state index contributed by atoms with van der Waals surface area (Å²) < 4.78 is 0. The van der Waals surface area contributed by atoms with Crippen LogP contribution in [-0.2, 0) is 16.6 Å². The van der Waals surface area contributed by atoms with Crippen LogP contribution in [0.3, 0.4) is 0 Å². The maximum atomic E-state index is 12.6. The van der Waals surface area contributed by atoms with Gasteiger partial charge in [0.1, 0.15) is 0 Å². The molecule has 1 fully saturated rings. The van der Waals surface area contributed by atoms with Gasteiger partial charge in [-0.25, -0.2) is 0 Å². The molecule has 0 unspecified atom stereocenters. The first-order chi connectivity index (χ1) is 10.1. The maximum Gasteiger partial charge on any atom is 0.235 e. The number of aryl methyl sites for hydroxylation is 1. The van der Waals surface area contributed by atoms with Crippen LogP contribution in [0.15, 0.2) is 48.5 Å². The zero-order valence-electron chi connectivity index (χ0n) is 12.0. The highest BCUT2D eigenvalue weighted by Crippen LogP contribution is 2.49. The van der Waals surface area contributed by atoms with E-state index in [1.54, 1.807) is 0 Å². The van der Waals surface area contributed by atoms with Crippen molar-refractivity contribution in [2.75, 3.05) is 5.32 Å². The summed E-state index contributed by atoms with van der Waals surface area (Å²) in [6.07, 6.45) is 2.76. The summed E-state index contributed by atoms with van der Waals surface area (Å²) in [4.78, 5) is 12.6. The topological polar surface area (TPSA) is 29.1 Å². The molecule has 3 rings (SSSR count). The highest BCUT2D eigenvalue weighted by Gasteiger charge is 2.51. The summed E-state index contributed by atoms with van der Waals surface area (Å²) in [7, 11) is 0. The van der Waals surface area contributed by atoms with Crippen molar-refractivity contribution in [3.8, 4) is 0 Å². The highest BCUT2D eigenvalue weighted by molar-refractivity contribution is 6.30. The Morgan fingerprint density at radius 1 is 1.19 bits per heavy atom. The van der Waals surface area contributed by atoms with Crippen molar-refractivity contribution >= 4 is 23.2 Å². The molecule has 0 radical (unpaired) electrons. The molecule has 0 aromatic heterocycles. The Labute approximate surface area is 130 Å². The molecule has 108 valence electrons. The highest BCUT2D eigenvalue weighted by atomic mass is 35.5. The van der Waals surface area contributed by atoms with Crippen LogP contribution in [0, 0.1) is 0 Å². The Kier molecular flexibility index (Phi) is 3.73. The Morgan fingerprint density at radius 2 is 1.90 bits per heavy atom. The molecule has 0 spiro atoms. The molecule has 0 heterocycles. The minimum atomic E-state index is -0.368. The van der Waals surface area contributed by atoms with E-state index in [9.17, 15) is 4.79 Å². The van der Waals surface area contributed by atoms with Crippen molar-refractivity contribution in [2.45, 2.75) is 31.6 Å². The first kappa shape index (κ1) is 14.2. The molecule has 0 bridgehead atoms. The summed E-state index contributed by atoms with van der Waals surface area (Å²) in [5, 5.41) is 3.76. The van der Waals surface area contributed by atoms with Crippen LogP contribution in [0.2, 0.25) is 5.02 Å². The summed E-state index contributed by atoms with van der Waals surface area (Å²) in [5.41, 5.74) is 2.78. The quantitative estimate of drug-likeness (QED) is 0.880. The summed E-state index contributed by atoms with van der Waals surface area (Å²) >= 11 is 5.92. The second-order valence-electron chi connectivity index (χ2n) is 5.60. The van der Waals surface area contributed by atoms with Gasteiger partial charge in [-0.1, -0.05) is 42.8 Å². The van der Waals surface area contributed by atoms with Crippen LogP contribution in [0.1, 0.15) is 30.9 Å². The minimum Gasteiger partial charge on any atom is -0.325 e. The molecule has 2 nitrogen and oxygen atoms in total. The van der Waals surface area contributed by atoms with Crippen LogP contribution in [0.5, 0.6) is 0 Å². The summed E-state index contributed by atoms with van der Waals surface area (Å²) in [5.74, 6) is 0.0816. The number of amides is 1. The molecule has 1 aliphatic rings. The first-order valence-electron chi connectivity index (χ1n) is 7.30. The van der Waals surface area contributed by atoms with Crippen molar-refractivity contribution < 1.29 is 4.79 Å². The van der Waals surface area contributed by atoms with Gasteiger partial charge in [-0.15, -0.1) is 0 Å². The molecule has 1 saturated carbocycles.